The van der Waals surface area contributed by atoms with Crippen molar-refractivity contribution in [3.05, 3.63) is 66.0 Å². The van der Waals surface area contributed by atoms with Gasteiger partial charge in [-0.25, -0.2) is 33.4 Å². The Hall–Kier alpha value is -4.17. The number of esters is 1. The summed E-state index contributed by atoms with van der Waals surface area (Å²) in [7, 11) is -12.0. The maximum atomic E-state index is 16.6. The van der Waals surface area contributed by atoms with Crippen LogP contribution in [-0.4, -0.2) is 138 Å². The van der Waals surface area contributed by atoms with Crippen LogP contribution in [0.4, 0.5) is 10.2 Å². The number of rotatable bonds is 23. The molecule has 10 atom stereocenters. The van der Waals surface area contributed by atoms with Crippen molar-refractivity contribution in [2.45, 2.75) is 127 Å². The molecule has 2 fully saturated rings. The van der Waals surface area contributed by atoms with Crippen LogP contribution in [0.3, 0.4) is 0 Å². The zero-order chi connectivity index (χ0) is 51.2. The molecule has 28 heteroatoms. The Bertz CT molecular complexity index is 2560. The number of anilines is 1. The average molecular weight is 1060 g/mol. The number of aromatic nitrogens is 6. The van der Waals surface area contributed by atoms with E-state index in [9.17, 15) is 34.0 Å². The minimum absolute atomic E-state index is 0.000940. The highest BCUT2D eigenvalue weighted by Gasteiger charge is 2.56. The average Bonchev–Trinajstić information content (AvgIpc) is 4.07. The molecule has 1 aromatic carbocycles. The number of hydrogen-bond acceptors (Lipinski definition) is 19. The minimum Gasteiger partial charge on any atom is -0.464 e. The molecular formula is C42H61FN8O15P2Si2. The molecule has 0 bridgehead atoms. The second-order valence-electron chi connectivity index (χ2n) is 19.2. The molecule has 23 nitrogen and oxygen atoms in total. The zero-order valence-electron chi connectivity index (χ0n) is 40.3. The number of amides is 1. The first-order valence-electron chi connectivity index (χ1n) is 22.3. The van der Waals surface area contributed by atoms with Crippen LogP contribution < -0.4 is 5.32 Å². The highest BCUT2D eigenvalue weighted by atomic mass is 31.2. The van der Waals surface area contributed by atoms with Gasteiger partial charge in [-0.3, -0.25) is 27.5 Å². The highest BCUT2D eigenvalue weighted by molar-refractivity contribution is 7.48. The van der Waals surface area contributed by atoms with Gasteiger partial charge in [-0.05, 0) is 42.4 Å². The smallest absolute Gasteiger partial charge is 0.464 e. The summed E-state index contributed by atoms with van der Waals surface area (Å²) in [6.45, 7) is 14.7. The van der Waals surface area contributed by atoms with E-state index in [1.807, 2.05) is 39.9 Å². The second-order valence-corrected chi connectivity index (χ2v) is 32.0. The lowest BCUT2D eigenvalue weighted by Gasteiger charge is -2.40. The van der Waals surface area contributed by atoms with Crippen LogP contribution in [0.2, 0.25) is 43.8 Å². The third-order valence-electron chi connectivity index (χ3n) is 11.9. The molecule has 0 aliphatic carbocycles. The van der Waals surface area contributed by atoms with E-state index in [1.165, 1.54) is 28.8 Å². The summed E-state index contributed by atoms with van der Waals surface area (Å²) in [6.07, 6.45) is -10.3. The normalized spacial score (nSPS) is 24.3. The Morgan fingerprint density at radius 1 is 1.03 bits per heavy atom. The number of phosphoric ester groups is 1. The number of carbonyl (C=O) groups is 2. The summed E-state index contributed by atoms with van der Waals surface area (Å²) in [5, 5.41) is 27.0. The molecule has 0 radical (unpaired) electrons. The second kappa shape index (κ2) is 23.1. The van der Waals surface area contributed by atoms with E-state index >= 15 is 4.39 Å². The van der Waals surface area contributed by atoms with E-state index in [2.05, 4.69) is 45.0 Å². The maximum Gasteiger partial charge on any atom is 0.475 e. The van der Waals surface area contributed by atoms with Crippen molar-refractivity contribution >= 4 is 61.3 Å². The lowest BCUT2D eigenvalue weighted by atomic mass is 10.1. The van der Waals surface area contributed by atoms with Crippen LogP contribution in [0.15, 0.2) is 49.1 Å². The van der Waals surface area contributed by atoms with Crippen molar-refractivity contribution in [1.29, 1.82) is 5.26 Å². The Morgan fingerprint density at radius 2 is 1.76 bits per heavy atom. The number of nitriles is 1. The number of halogens is 1. The van der Waals surface area contributed by atoms with Gasteiger partial charge >= 0.3 is 22.0 Å². The molecule has 3 N–H and O–H groups in total. The van der Waals surface area contributed by atoms with Crippen molar-refractivity contribution in [3.8, 4) is 6.07 Å². The number of aliphatic hydroxyl groups is 1. The minimum atomic E-state index is -4.97. The van der Waals surface area contributed by atoms with Crippen LogP contribution in [0.1, 0.15) is 66.1 Å². The van der Waals surface area contributed by atoms with Gasteiger partial charge in [-0.15, -0.1) is 0 Å². The first-order valence-corrected chi connectivity index (χ1v) is 31.7. The van der Waals surface area contributed by atoms with Gasteiger partial charge in [0, 0.05) is 20.2 Å². The molecular weight excluding hydrogens is 994 g/mol. The molecule has 0 spiro atoms. The summed E-state index contributed by atoms with van der Waals surface area (Å²) in [6, 6.07) is 12.5. The number of methoxy groups -OCH3 is 1. The van der Waals surface area contributed by atoms with Crippen LogP contribution in [0.25, 0.3) is 11.2 Å². The predicted molar refractivity (Wildman–Crippen MR) is 254 cm³/mol. The Balaban J connectivity index is 1.31. The van der Waals surface area contributed by atoms with E-state index in [0.717, 1.165) is 12.4 Å². The number of aliphatic hydroxyl groups excluding tert-OH is 1. The molecule has 0 saturated carbocycles. The lowest BCUT2D eigenvalue weighted by molar-refractivity contribution is -0.0550. The number of phosphoric acid groups is 1. The zero-order valence-corrected chi connectivity index (χ0v) is 44.2. The standard InChI is InChI=1S/C42H61FN8O15P2Si2/c1-42(2,3)70(8,9)66-36-33(28-20-27(41(54)58-4)49-51(28)25-59-18-19-69(5,6)7)62-29(21-52)35(36)65-68(57,60-17-13-16-44)61-22-30-34(64-67(55)56)31(43)40(63-30)50-24-47-32-37(45-23-46-38(32)50)48-39(53)26-14-11-10-12-15-26/h10-12,14-15,20,23-24,29-31,33-36,40,52,67H,13,17-19,21-22,25H2,1-9H3,(H,55,56)(H,45,46,48,53)/t29-,30-,31-,33+,34-,35-,36+,40-,68?/m1/s1. The van der Waals surface area contributed by atoms with Gasteiger partial charge in [-0.1, -0.05) is 58.6 Å². The summed E-state index contributed by atoms with van der Waals surface area (Å²) >= 11 is 0. The van der Waals surface area contributed by atoms with E-state index in [1.54, 1.807) is 30.3 Å². The monoisotopic (exact) mass is 1050 g/mol. The SMILES string of the molecule is COC(=O)c1cc([C@@H]2O[C@H](CO)[C@@H](OP(=O)(OCCC#N)OC[C@H]3O[C@@H](n4cnc5c(NC(=O)c6ccccc6)ncnc54)[C@H](F)[C@@H]3O[PH](=O)O)[C@H]2O[Si](C)(C)C(C)(C)C)n(COCC[Si](C)(C)C)n1. The quantitative estimate of drug-likeness (QED) is 0.0316. The molecule has 4 aromatic rings. The molecule has 70 heavy (non-hydrogen) atoms. The van der Waals surface area contributed by atoms with Crippen molar-refractivity contribution in [2.75, 3.05) is 38.9 Å². The molecule has 2 aliphatic heterocycles. The van der Waals surface area contributed by atoms with E-state index in [0.29, 0.717) is 12.2 Å². The first-order chi connectivity index (χ1) is 33.0. The number of benzene rings is 1. The van der Waals surface area contributed by atoms with Crippen LogP contribution in [0, 0.1) is 11.3 Å². The Labute approximate surface area is 406 Å². The summed E-state index contributed by atoms with van der Waals surface area (Å²) in [5.74, 6) is -1.25. The largest absolute Gasteiger partial charge is 0.475 e. The van der Waals surface area contributed by atoms with Crippen molar-refractivity contribution in [1.82, 2.24) is 29.3 Å². The number of alkyl halides is 1. The van der Waals surface area contributed by atoms with Gasteiger partial charge in [0.1, 0.15) is 49.7 Å². The molecule has 2 unspecified atom stereocenters. The van der Waals surface area contributed by atoms with E-state index in [4.69, 9.17) is 41.5 Å². The van der Waals surface area contributed by atoms with Gasteiger partial charge in [0.15, 0.2) is 43.4 Å². The van der Waals surface area contributed by atoms with Gasteiger partial charge in [-0.2, -0.15) is 10.4 Å². The van der Waals surface area contributed by atoms with E-state index in [-0.39, 0.29) is 41.5 Å². The molecule has 384 valence electrons. The van der Waals surface area contributed by atoms with Gasteiger partial charge in [0.05, 0.1) is 51.4 Å². The molecule has 2 aliphatic rings. The fourth-order valence-corrected chi connectivity index (χ4v) is 11.2. The van der Waals surface area contributed by atoms with Crippen LogP contribution >= 0.6 is 16.1 Å². The first kappa shape index (κ1) is 55.2. The van der Waals surface area contributed by atoms with Crippen molar-refractivity contribution < 1.29 is 74.6 Å². The molecule has 5 heterocycles. The van der Waals surface area contributed by atoms with Gasteiger partial charge in [0.25, 0.3) is 5.91 Å². The molecule has 6 rings (SSSR count). The Morgan fingerprint density at radius 3 is 2.40 bits per heavy atom. The summed E-state index contributed by atoms with van der Waals surface area (Å²) < 4.78 is 99.7. The summed E-state index contributed by atoms with van der Waals surface area (Å²) in [5.41, 5.74) is 0.605. The number of ether oxygens (including phenoxy) is 4. The predicted octanol–water partition coefficient (Wildman–Crippen LogP) is 6.34. The number of nitrogens with one attached hydrogen (secondary N) is 1. The fourth-order valence-electron chi connectivity index (χ4n) is 7.21. The fraction of sp³-hybridized carbons (Fsp3) is 0.595. The molecule has 3 aromatic heterocycles. The Kier molecular flexibility index (Phi) is 18.2. The summed E-state index contributed by atoms with van der Waals surface area (Å²) in [4.78, 5) is 48.4. The third kappa shape index (κ3) is 13.3. The number of imidazole rings is 1. The third-order valence-corrected chi connectivity index (χ3v) is 20.1. The van der Waals surface area contributed by atoms with Crippen molar-refractivity contribution in [3.63, 3.8) is 0 Å². The highest BCUT2D eigenvalue weighted by Crippen LogP contribution is 2.56. The van der Waals surface area contributed by atoms with Crippen molar-refractivity contribution in [2.24, 2.45) is 0 Å². The number of nitrogens with zero attached hydrogens (tertiary/aromatic N) is 7. The van der Waals surface area contributed by atoms with Crippen LogP contribution in [-0.2, 0) is 57.3 Å². The number of hydrogen-bond donors (Lipinski definition) is 3. The van der Waals surface area contributed by atoms with Crippen LogP contribution in [0.5, 0.6) is 0 Å². The van der Waals surface area contributed by atoms with E-state index < -0.39 is 118 Å². The maximum absolute atomic E-state index is 16.6. The topological polar surface area (TPSA) is 289 Å². The molecule has 1 amide bonds. The number of carbonyl (C=O) groups excluding carboxylic acids is 2. The molecule has 2 saturated heterocycles. The van der Waals surface area contributed by atoms with Gasteiger partial charge in [0.2, 0.25) is 0 Å². The lowest BCUT2D eigenvalue weighted by Crippen LogP contribution is -2.49. The number of fused-ring (bicyclic) bond motifs is 1. The van der Waals surface area contributed by atoms with Gasteiger partial charge < -0.3 is 43.2 Å².